The molecule has 0 radical (unpaired) electrons. The summed E-state index contributed by atoms with van der Waals surface area (Å²) in [5, 5.41) is 0. The first-order valence-electron chi connectivity index (χ1n) is 5.02. The van der Waals surface area contributed by atoms with E-state index < -0.39 is 0 Å². The van der Waals surface area contributed by atoms with Crippen LogP contribution in [0.25, 0.3) is 5.65 Å². The van der Waals surface area contributed by atoms with Crippen LogP contribution >= 0.6 is 11.6 Å². The summed E-state index contributed by atoms with van der Waals surface area (Å²) in [7, 11) is 0. The van der Waals surface area contributed by atoms with Crippen LogP contribution in [0.15, 0.2) is 18.3 Å². The Balaban J connectivity index is 2.21. The molecule has 3 rings (SSSR count). The number of hydrogen-bond donors (Lipinski definition) is 0. The minimum atomic E-state index is -0.182. The third kappa shape index (κ3) is 1.42. The summed E-state index contributed by atoms with van der Waals surface area (Å²) in [6.45, 7) is 0. The van der Waals surface area contributed by atoms with Crippen molar-refractivity contribution in [3.05, 3.63) is 35.5 Å². The molecular weight excluding hydrogens is 215 g/mol. The summed E-state index contributed by atoms with van der Waals surface area (Å²) < 4.78 is 15.5. The largest absolute Gasteiger partial charge is 0.276 e. The van der Waals surface area contributed by atoms with E-state index in [1.165, 1.54) is 4.40 Å². The first kappa shape index (κ1) is 9.16. The van der Waals surface area contributed by atoms with Crippen molar-refractivity contribution in [3.8, 4) is 0 Å². The molecule has 2 aromatic heterocycles. The molecule has 0 aromatic carbocycles. The molecule has 2 nitrogen and oxygen atoms in total. The van der Waals surface area contributed by atoms with Crippen molar-refractivity contribution in [1.29, 1.82) is 0 Å². The van der Waals surface area contributed by atoms with Crippen LogP contribution in [-0.2, 0) is 5.88 Å². The van der Waals surface area contributed by atoms with E-state index in [9.17, 15) is 4.39 Å². The minimum Gasteiger partial charge on any atom is -0.276 e. The summed E-state index contributed by atoms with van der Waals surface area (Å²) in [4.78, 5) is 4.20. The van der Waals surface area contributed by atoms with Gasteiger partial charge in [0, 0.05) is 11.8 Å². The molecule has 2 heterocycles. The second-order valence-electron chi connectivity index (χ2n) is 3.95. The van der Waals surface area contributed by atoms with Gasteiger partial charge in [-0.3, -0.25) is 4.40 Å². The van der Waals surface area contributed by atoms with Crippen LogP contribution in [0.4, 0.5) is 4.39 Å². The van der Waals surface area contributed by atoms with Gasteiger partial charge in [-0.25, -0.2) is 4.98 Å². The molecule has 1 saturated carbocycles. The van der Waals surface area contributed by atoms with Gasteiger partial charge in [-0.1, -0.05) is 6.07 Å². The summed E-state index contributed by atoms with van der Waals surface area (Å²) in [6.07, 6.45) is 3.86. The first-order chi connectivity index (χ1) is 7.29. The number of imidazole rings is 1. The van der Waals surface area contributed by atoms with E-state index in [0.717, 1.165) is 18.4 Å². The van der Waals surface area contributed by atoms with Crippen molar-refractivity contribution in [2.45, 2.75) is 24.6 Å². The molecule has 0 unspecified atom stereocenters. The SMILES string of the molecule is Fc1c(C2CC2)ccc2nc(CCl)cn12. The van der Waals surface area contributed by atoms with E-state index in [1.807, 2.05) is 12.1 Å². The normalized spacial score (nSPS) is 16.1. The number of pyridine rings is 1. The molecular formula is C11H10ClFN2. The molecule has 78 valence electrons. The van der Waals surface area contributed by atoms with Crippen LogP contribution in [0.3, 0.4) is 0 Å². The maximum absolute atomic E-state index is 14.0. The Morgan fingerprint density at radius 2 is 2.27 bits per heavy atom. The van der Waals surface area contributed by atoms with Crippen LogP contribution in [-0.4, -0.2) is 9.38 Å². The van der Waals surface area contributed by atoms with Crippen LogP contribution in [0, 0.1) is 5.95 Å². The lowest BCUT2D eigenvalue weighted by molar-refractivity contribution is 0.551. The number of alkyl halides is 1. The molecule has 2 aromatic rings. The maximum atomic E-state index is 14.0. The van der Waals surface area contributed by atoms with Crippen LogP contribution < -0.4 is 0 Å². The van der Waals surface area contributed by atoms with Crippen molar-refractivity contribution in [2.75, 3.05) is 0 Å². The fraction of sp³-hybridized carbons (Fsp3) is 0.364. The van der Waals surface area contributed by atoms with Gasteiger partial charge in [0.15, 0.2) is 0 Å². The Morgan fingerprint density at radius 1 is 1.47 bits per heavy atom. The maximum Gasteiger partial charge on any atom is 0.202 e. The van der Waals surface area contributed by atoms with E-state index in [-0.39, 0.29) is 5.95 Å². The van der Waals surface area contributed by atoms with Gasteiger partial charge in [0.2, 0.25) is 5.95 Å². The summed E-state index contributed by atoms with van der Waals surface area (Å²) in [5.41, 5.74) is 2.15. The fourth-order valence-corrected chi connectivity index (χ4v) is 1.98. The Morgan fingerprint density at radius 3 is 2.93 bits per heavy atom. The van der Waals surface area contributed by atoms with E-state index in [2.05, 4.69) is 4.98 Å². The molecule has 0 saturated heterocycles. The lowest BCUT2D eigenvalue weighted by Gasteiger charge is -2.02. The standard InChI is InChI=1S/C11H10ClFN2/c12-5-8-6-15-10(14-8)4-3-9(11(15)13)7-1-2-7/h3-4,6-7H,1-2,5H2. The van der Waals surface area contributed by atoms with E-state index in [4.69, 9.17) is 11.6 Å². The van der Waals surface area contributed by atoms with Crippen molar-refractivity contribution in [2.24, 2.45) is 0 Å². The van der Waals surface area contributed by atoms with Gasteiger partial charge in [0.1, 0.15) is 5.65 Å². The summed E-state index contributed by atoms with van der Waals surface area (Å²) in [6, 6.07) is 3.69. The van der Waals surface area contributed by atoms with Gasteiger partial charge in [-0.05, 0) is 24.8 Å². The molecule has 0 N–H and O–H groups in total. The highest BCUT2D eigenvalue weighted by molar-refractivity contribution is 6.16. The van der Waals surface area contributed by atoms with Gasteiger partial charge in [0.25, 0.3) is 0 Å². The molecule has 15 heavy (non-hydrogen) atoms. The molecule has 4 heteroatoms. The molecule has 0 aliphatic heterocycles. The number of halogens is 2. The predicted molar refractivity (Wildman–Crippen MR) is 56.7 cm³/mol. The highest BCUT2D eigenvalue weighted by Crippen LogP contribution is 2.41. The third-order valence-electron chi connectivity index (χ3n) is 2.80. The second kappa shape index (κ2) is 3.20. The first-order valence-corrected chi connectivity index (χ1v) is 5.55. The highest BCUT2D eigenvalue weighted by atomic mass is 35.5. The number of hydrogen-bond acceptors (Lipinski definition) is 1. The van der Waals surface area contributed by atoms with Crippen molar-refractivity contribution in [3.63, 3.8) is 0 Å². The average Bonchev–Trinajstić information content (AvgIpc) is 2.97. The van der Waals surface area contributed by atoms with Crippen molar-refractivity contribution in [1.82, 2.24) is 9.38 Å². The molecule has 0 amide bonds. The molecule has 1 aliphatic carbocycles. The lowest BCUT2D eigenvalue weighted by atomic mass is 10.2. The predicted octanol–water partition coefficient (Wildman–Crippen LogP) is 3.09. The van der Waals surface area contributed by atoms with Gasteiger partial charge in [-0.2, -0.15) is 4.39 Å². The van der Waals surface area contributed by atoms with Gasteiger partial charge < -0.3 is 0 Å². The van der Waals surface area contributed by atoms with Gasteiger partial charge in [0.05, 0.1) is 11.6 Å². The topological polar surface area (TPSA) is 17.3 Å². The number of aromatic nitrogens is 2. The number of nitrogens with zero attached hydrogens (tertiary/aromatic N) is 2. The van der Waals surface area contributed by atoms with E-state index in [1.54, 1.807) is 6.20 Å². The molecule has 0 bridgehead atoms. The van der Waals surface area contributed by atoms with Gasteiger partial charge in [-0.15, -0.1) is 11.6 Å². The Kier molecular flexibility index (Phi) is 1.96. The molecule has 0 atom stereocenters. The monoisotopic (exact) mass is 224 g/mol. The quantitative estimate of drug-likeness (QED) is 0.566. The zero-order valence-corrected chi connectivity index (χ0v) is 8.84. The molecule has 1 aliphatic rings. The molecule has 0 spiro atoms. The van der Waals surface area contributed by atoms with Crippen molar-refractivity contribution >= 4 is 17.2 Å². The van der Waals surface area contributed by atoms with Crippen LogP contribution in [0.5, 0.6) is 0 Å². The van der Waals surface area contributed by atoms with Crippen molar-refractivity contribution < 1.29 is 4.39 Å². The van der Waals surface area contributed by atoms with Crippen LogP contribution in [0.2, 0.25) is 0 Å². The lowest BCUT2D eigenvalue weighted by Crippen LogP contribution is -1.96. The summed E-state index contributed by atoms with van der Waals surface area (Å²) in [5.74, 6) is 0.551. The fourth-order valence-electron chi connectivity index (χ4n) is 1.86. The zero-order chi connectivity index (χ0) is 10.4. The second-order valence-corrected chi connectivity index (χ2v) is 4.22. The number of fused-ring (bicyclic) bond motifs is 1. The third-order valence-corrected chi connectivity index (χ3v) is 3.07. The average molecular weight is 225 g/mol. The van der Waals surface area contributed by atoms with E-state index in [0.29, 0.717) is 23.1 Å². The summed E-state index contributed by atoms with van der Waals surface area (Å²) >= 11 is 5.67. The number of rotatable bonds is 2. The minimum absolute atomic E-state index is 0.182. The van der Waals surface area contributed by atoms with Crippen LogP contribution in [0.1, 0.15) is 30.0 Å². The Labute approximate surface area is 91.7 Å². The van der Waals surface area contributed by atoms with E-state index >= 15 is 0 Å². The Hall–Kier alpha value is -1.09. The van der Waals surface area contributed by atoms with Gasteiger partial charge >= 0.3 is 0 Å². The zero-order valence-electron chi connectivity index (χ0n) is 8.08. The highest BCUT2D eigenvalue weighted by Gasteiger charge is 2.27. The molecule has 1 fully saturated rings. The Bertz CT molecular complexity index is 517. The smallest absolute Gasteiger partial charge is 0.202 e.